The Bertz CT molecular complexity index is 666. The molecule has 5 nitrogen and oxygen atoms in total. The van der Waals surface area contributed by atoms with E-state index in [4.69, 9.17) is 0 Å². The molecule has 0 saturated carbocycles. The quantitative estimate of drug-likeness (QED) is 0.812. The highest BCUT2D eigenvalue weighted by Gasteiger charge is 2.27. The SMILES string of the molecule is CCc1ccc(C2CNCCN2CC(=O)N(C)c2nccs2)cc1.Cl.Cl. The van der Waals surface area contributed by atoms with Gasteiger partial charge in [0.1, 0.15) is 0 Å². The molecular weight excluding hydrogens is 391 g/mol. The number of halogens is 2. The second-order valence-corrected chi connectivity index (χ2v) is 6.93. The first-order valence-corrected chi connectivity index (χ1v) is 9.26. The lowest BCUT2D eigenvalue weighted by molar-refractivity contribution is -0.120. The van der Waals surface area contributed by atoms with E-state index < -0.39 is 0 Å². The van der Waals surface area contributed by atoms with Gasteiger partial charge in [-0.25, -0.2) is 4.98 Å². The number of rotatable bonds is 5. The van der Waals surface area contributed by atoms with Crippen LogP contribution < -0.4 is 10.2 Å². The Balaban J connectivity index is 0.00000169. The number of piperazine rings is 1. The summed E-state index contributed by atoms with van der Waals surface area (Å²) in [6.07, 6.45) is 2.77. The number of benzene rings is 1. The number of nitrogens with one attached hydrogen (secondary N) is 1. The predicted octanol–water partition coefficient (Wildman–Crippen LogP) is 3.16. The summed E-state index contributed by atoms with van der Waals surface area (Å²) in [7, 11) is 1.80. The first kappa shape index (κ1) is 22.9. The largest absolute Gasteiger partial charge is 0.314 e. The zero-order valence-electron chi connectivity index (χ0n) is 15.1. The van der Waals surface area contributed by atoms with Crippen molar-refractivity contribution in [3.8, 4) is 0 Å². The predicted molar refractivity (Wildman–Crippen MR) is 113 cm³/mol. The van der Waals surface area contributed by atoms with Crippen LogP contribution in [-0.4, -0.2) is 49.0 Å². The molecule has 1 fully saturated rings. The van der Waals surface area contributed by atoms with Crippen LogP contribution in [0.5, 0.6) is 0 Å². The Hall–Kier alpha value is -1.18. The number of aryl methyl sites for hydroxylation is 1. The lowest BCUT2D eigenvalue weighted by atomic mass is 10.0. The lowest BCUT2D eigenvalue weighted by Gasteiger charge is -2.36. The summed E-state index contributed by atoms with van der Waals surface area (Å²) in [5, 5.41) is 6.09. The lowest BCUT2D eigenvalue weighted by Crippen LogP contribution is -2.49. The molecule has 144 valence electrons. The Kier molecular flexibility index (Phi) is 9.54. The van der Waals surface area contributed by atoms with Gasteiger partial charge in [0.15, 0.2) is 5.13 Å². The molecule has 26 heavy (non-hydrogen) atoms. The summed E-state index contributed by atoms with van der Waals surface area (Å²) >= 11 is 1.49. The molecule has 0 radical (unpaired) electrons. The molecule has 1 N–H and O–H groups in total. The van der Waals surface area contributed by atoms with Crippen molar-refractivity contribution in [2.24, 2.45) is 0 Å². The van der Waals surface area contributed by atoms with E-state index in [-0.39, 0.29) is 36.8 Å². The van der Waals surface area contributed by atoms with Gasteiger partial charge in [-0.05, 0) is 17.5 Å². The van der Waals surface area contributed by atoms with Gasteiger partial charge in [-0.15, -0.1) is 36.2 Å². The monoisotopic (exact) mass is 416 g/mol. The van der Waals surface area contributed by atoms with Crippen LogP contribution in [0.3, 0.4) is 0 Å². The topological polar surface area (TPSA) is 48.5 Å². The second kappa shape index (κ2) is 10.8. The zero-order valence-corrected chi connectivity index (χ0v) is 17.5. The van der Waals surface area contributed by atoms with Crippen molar-refractivity contribution in [3.63, 3.8) is 0 Å². The van der Waals surface area contributed by atoms with Crippen molar-refractivity contribution in [2.75, 3.05) is 38.1 Å². The van der Waals surface area contributed by atoms with Crippen molar-refractivity contribution in [1.29, 1.82) is 0 Å². The van der Waals surface area contributed by atoms with Crippen molar-refractivity contribution in [1.82, 2.24) is 15.2 Å². The molecule has 1 aromatic carbocycles. The normalized spacial score (nSPS) is 17.1. The van der Waals surface area contributed by atoms with Gasteiger partial charge in [0.25, 0.3) is 0 Å². The fourth-order valence-corrected chi connectivity index (χ4v) is 3.63. The molecule has 1 aliphatic rings. The van der Waals surface area contributed by atoms with Gasteiger partial charge >= 0.3 is 0 Å². The third kappa shape index (κ3) is 5.41. The number of carbonyl (C=O) groups excluding carboxylic acids is 1. The van der Waals surface area contributed by atoms with E-state index in [1.807, 2.05) is 5.38 Å². The molecule has 8 heteroatoms. The van der Waals surface area contributed by atoms with Crippen LogP contribution in [0.15, 0.2) is 35.8 Å². The highest BCUT2D eigenvalue weighted by atomic mass is 35.5. The number of nitrogens with zero attached hydrogens (tertiary/aromatic N) is 3. The molecule has 3 rings (SSSR count). The van der Waals surface area contributed by atoms with Gasteiger partial charge in [-0.1, -0.05) is 31.2 Å². The third-order valence-electron chi connectivity index (χ3n) is 4.55. The van der Waals surface area contributed by atoms with E-state index in [9.17, 15) is 4.79 Å². The minimum Gasteiger partial charge on any atom is -0.314 e. The number of hydrogen-bond donors (Lipinski definition) is 1. The standard InChI is InChI=1S/C18H24N4OS.2ClH/c1-3-14-4-6-15(7-5-14)16-12-19-8-10-22(16)13-17(23)21(2)18-20-9-11-24-18;;/h4-7,9,11,16,19H,3,8,10,12-13H2,1-2H3;2*1H. The number of likely N-dealkylation sites (N-methyl/N-ethyl adjacent to an activating group) is 1. The maximum absolute atomic E-state index is 12.6. The highest BCUT2D eigenvalue weighted by molar-refractivity contribution is 7.13. The summed E-state index contributed by atoms with van der Waals surface area (Å²) in [5.41, 5.74) is 2.61. The van der Waals surface area contributed by atoms with Crippen molar-refractivity contribution >= 4 is 47.2 Å². The van der Waals surface area contributed by atoms with Gasteiger partial charge < -0.3 is 5.32 Å². The number of thiazole rings is 1. The summed E-state index contributed by atoms with van der Waals surface area (Å²) in [5.74, 6) is 0.0852. The van der Waals surface area contributed by atoms with E-state index in [1.165, 1.54) is 22.5 Å². The van der Waals surface area contributed by atoms with E-state index in [0.717, 1.165) is 31.2 Å². The molecule has 0 aliphatic carbocycles. The third-order valence-corrected chi connectivity index (χ3v) is 5.39. The van der Waals surface area contributed by atoms with Crippen LogP contribution in [-0.2, 0) is 11.2 Å². The van der Waals surface area contributed by atoms with Gasteiger partial charge in [0.2, 0.25) is 5.91 Å². The molecule has 1 aromatic heterocycles. The fourth-order valence-electron chi connectivity index (χ4n) is 3.01. The minimum absolute atomic E-state index is 0. The average Bonchev–Trinajstić information content (AvgIpc) is 3.16. The maximum Gasteiger partial charge on any atom is 0.242 e. The van der Waals surface area contributed by atoms with Crippen LogP contribution in [0.4, 0.5) is 5.13 Å². The Morgan fingerprint density at radius 3 is 2.69 bits per heavy atom. The van der Waals surface area contributed by atoms with Gasteiger partial charge in [-0.3, -0.25) is 14.6 Å². The number of hydrogen-bond acceptors (Lipinski definition) is 5. The number of anilines is 1. The molecule has 2 heterocycles. The molecule has 1 saturated heterocycles. The molecule has 1 unspecified atom stereocenters. The summed E-state index contributed by atoms with van der Waals surface area (Å²) in [4.78, 5) is 20.8. The highest BCUT2D eigenvalue weighted by Crippen LogP contribution is 2.23. The zero-order chi connectivity index (χ0) is 16.9. The number of carbonyl (C=O) groups is 1. The fraction of sp³-hybridized carbons (Fsp3) is 0.444. The molecule has 0 bridgehead atoms. The average molecular weight is 417 g/mol. The smallest absolute Gasteiger partial charge is 0.242 e. The van der Waals surface area contributed by atoms with Crippen LogP contribution in [0.25, 0.3) is 0 Å². The maximum atomic E-state index is 12.6. The molecular formula is C18H26Cl2N4OS. The summed E-state index contributed by atoms with van der Waals surface area (Å²) < 4.78 is 0. The molecule has 0 spiro atoms. The first-order chi connectivity index (χ1) is 11.7. The summed E-state index contributed by atoms with van der Waals surface area (Å²) in [6.45, 7) is 5.24. The molecule has 1 aliphatic heterocycles. The van der Waals surface area contributed by atoms with E-state index in [2.05, 4.69) is 46.4 Å². The summed E-state index contributed by atoms with van der Waals surface area (Å²) in [6, 6.07) is 8.99. The Morgan fingerprint density at radius 1 is 1.35 bits per heavy atom. The number of amides is 1. The Morgan fingerprint density at radius 2 is 2.08 bits per heavy atom. The van der Waals surface area contributed by atoms with Gasteiger partial charge in [0, 0.05) is 44.3 Å². The van der Waals surface area contributed by atoms with Crippen LogP contribution in [0.2, 0.25) is 0 Å². The minimum atomic E-state index is 0. The van der Waals surface area contributed by atoms with Crippen LogP contribution in [0, 0.1) is 0 Å². The number of aromatic nitrogens is 1. The van der Waals surface area contributed by atoms with Gasteiger partial charge in [0.05, 0.1) is 6.54 Å². The van der Waals surface area contributed by atoms with E-state index in [1.54, 1.807) is 18.1 Å². The van der Waals surface area contributed by atoms with Crippen molar-refractivity contribution in [2.45, 2.75) is 19.4 Å². The Labute approximate surface area is 171 Å². The molecule has 1 amide bonds. The second-order valence-electron chi connectivity index (χ2n) is 6.05. The molecule has 2 aromatic rings. The van der Waals surface area contributed by atoms with Crippen molar-refractivity contribution in [3.05, 3.63) is 47.0 Å². The van der Waals surface area contributed by atoms with E-state index in [0.29, 0.717) is 6.54 Å². The molecule has 1 atom stereocenters. The van der Waals surface area contributed by atoms with Crippen LogP contribution >= 0.6 is 36.2 Å². The van der Waals surface area contributed by atoms with Crippen molar-refractivity contribution < 1.29 is 4.79 Å². The first-order valence-electron chi connectivity index (χ1n) is 8.38. The van der Waals surface area contributed by atoms with Crippen LogP contribution in [0.1, 0.15) is 24.1 Å². The van der Waals surface area contributed by atoms with Gasteiger partial charge in [-0.2, -0.15) is 0 Å². The van der Waals surface area contributed by atoms with E-state index >= 15 is 0 Å².